The van der Waals surface area contributed by atoms with Gasteiger partial charge in [0, 0.05) is 31.2 Å². The number of aromatic nitrogens is 2. The van der Waals surface area contributed by atoms with E-state index in [2.05, 4.69) is 34.0 Å². The Morgan fingerprint density at radius 3 is 3.00 bits per heavy atom. The Morgan fingerprint density at radius 2 is 2.29 bits per heavy atom. The highest BCUT2D eigenvalue weighted by Crippen LogP contribution is 2.42. The van der Waals surface area contributed by atoms with E-state index in [0.717, 1.165) is 25.5 Å². The number of aromatic amines is 1. The first kappa shape index (κ1) is 10.8. The van der Waals surface area contributed by atoms with Gasteiger partial charge in [0.25, 0.3) is 5.56 Å². The van der Waals surface area contributed by atoms with Gasteiger partial charge in [0.05, 0.1) is 6.33 Å². The number of anilines is 1. The Morgan fingerprint density at radius 1 is 1.47 bits per heavy atom. The molecule has 1 aromatic heterocycles. The normalized spacial score (nSPS) is 30.6. The summed E-state index contributed by atoms with van der Waals surface area (Å²) in [5, 5.41) is 3.45. The lowest BCUT2D eigenvalue weighted by Gasteiger charge is -2.36. The number of nitrogens with zero attached hydrogens (tertiary/aromatic N) is 2. The highest BCUT2D eigenvalue weighted by atomic mass is 16.1. The van der Waals surface area contributed by atoms with Crippen molar-refractivity contribution in [1.82, 2.24) is 15.3 Å². The fourth-order valence-electron chi connectivity index (χ4n) is 3.32. The molecule has 3 rings (SSSR count). The van der Waals surface area contributed by atoms with E-state index < -0.39 is 0 Å². The molecule has 0 radical (unpaired) electrons. The van der Waals surface area contributed by atoms with Crippen molar-refractivity contribution in [2.45, 2.75) is 19.4 Å². The SMILES string of the molecule is CC1(C)C2CNCC2CN1c1cc(=O)[nH]cn1. The third-order valence-electron chi connectivity index (χ3n) is 4.30. The van der Waals surface area contributed by atoms with E-state index in [1.165, 1.54) is 6.33 Å². The van der Waals surface area contributed by atoms with E-state index >= 15 is 0 Å². The van der Waals surface area contributed by atoms with Gasteiger partial charge < -0.3 is 15.2 Å². The van der Waals surface area contributed by atoms with Crippen LogP contribution in [0.2, 0.25) is 0 Å². The lowest BCUT2D eigenvalue weighted by Crippen LogP contribution is -2.45. The quantitative estimate of drug-likeness (QED) is 0.729. The second-order valence-corrected chi connectivity index (χ2v) is 5.56. The summed E-state index contributed by atoms with van der Waals surface area (Å²) in [6, 6.07) is 1.59. The summed E-state index contributed by atoms with van der Waals surface area (Å²) in [4.78, 5) is 20.5. The predicted octanol–water partition coefficient (Wildman–Crippen LogP) is 0.204. The van der Waals surface area contributed by atoms with Gasteiger partial charge in [-0.05, 0) is 25.7 Å². The summed E-state index contributed by atoms with van der Waals surface area (Å²) in [6.45, 7) is 7.62. The third kappa shape index (κ3) is 1.57. The van der Waals surface area contributed by atoms with Gasteiger partial charge in [-0.2, -0.15) is 0 Å². The van der Waals surface area contributed by atoms with Crippen LogP contribution in [0.15, 0.2) is 17.2 Å². The van der Waals surface area contributed by atoms with Crippen LogP contribution in [-0.4, -0.2) is 35.1 Å². The van der Waals surface area contributed by atoms with Crippen molar-refractivity contribution >= 4 is 5.82 Å². The van der Waals surface area contributed by atoms with Crippen LogP contribution in [0.25, 0.3) is 0 Å². The van der Waals surface area contributed by atoms with Gasteiger partial charge in [-0.25, -0.2) is 4.98 Å². The van der Waals surface area contributed by atoms with E-state index in [1.54, 1.807) is 6.07 Å². The van der Waals surface area contributed by atoms with E-state index in [1.807, 2.05) is 0 Å². The van der Waals surface area contributed by atoms with E-state index in [9.17, 15) is 4.79 Å². The Bertz CT molecular complexity index is 481. The largest absolute Gasteiger partial charge is 0.351 e. The Kier molecular flexibility index (Phi) is 2.26. The molecule has 0 aliphatic carbocycles. The topological polar surface area (TPSA) is 61.0 Å². The average Bonchev–Trinajstić information content (AvgIpc) is 2.81. The molecule has 92 valence electrons. The maximum absolute atomic E-state index is 11.4. The fraction of sp³-hybridized carbons (Fsp3) is 0.667. The van der Waals surface area contributed by atoms with Crippen molar-refractivity contribution in [1.29, 1.82) is 0 Å². The van der Waals surface area contributed by atoms with Crippen LogP contribution in [0, 0.1) is 11.8 Å². The van der Waals surface area contributed by atoms with Gasteiger partial charge in [0.1, 0.15) is 5.82 Å². The van der Waals surface area contributed by atoms with Crippen LogP contribution in [0.3, 0.4) is 0 Å². The van der Waals surface area contributed by atoms with Crippen molar-refractivity contribution in [3.05, 3.63) is 22.7 Å². The van der Waals surface area contributed by atoms with E-state index in [-0.39, 0.29) is 11.1 Å². The van der Waals surface area contributed by atoms with Gasteiger partial charge in [-0.15, -0.1) is 0 Å². The highest BCUT2D eigenvalue weighted by Gasteiger charge is 2.49. The number of rotatable bonds is 1. The molecule has 0 spiro atoms. The number of fused-ring (bicyclic) bond motifs is 1. The summed E-state index contributed by atoms with van der Waals surface area (Å²) in [5.74, 6) is 2.11. The van der Waals surface area contributed by atoms with Gasteiger partial charge in [0.15, 0.2) is 0 Å². The Balaban J connectivity index is 1.97. The zero-order chi connectivity index (χ0) is 12.0. The number of hydrogen-bond donors (Lipinski definition) is 2. The van der Waals surface area contributed by atoms with Gasteiger partial charge >= 0.3 is 0 Å². The van der Waals surface area contributed by atoms with Gasteiger partial charge in [-0.1, -0.05) is 0 Å². The van der Waals surface area contributed by atoms with Crippen LogP contribution < -0.4 is 15.8 Å². The van der Waals surface area contributed by atoms with E-state index in [4.69, 9.17) is 0 Å². The van der Waals surface area contributed by atoms with Gasteiger partial charge in [-0.3, -0.25) is 4.79 Å². The van der Waals surface area contributed by atoms with Crippen LogP contribution >= 0.6 is 0 Å². The maximum atomic E-state index is 11.4. The molecule has 2 aliphatic heterocycles. The second kappa shape index (κ2) is 3.57. The first-order chi connectivity index (χ1) is 8.09. The highest BCUT2D eigenvalue weighted by molar-refractivity contribution is 5.43. The van der Waals surface area contributed by atoms with Gasteiger partial charge in [0.2, 0.25) is 0 Å². The second-order valence-electron chi connectivity index (χ2n) is 5.56. The van der Waals surface area contributed by atoms with Crippen molar-refractivity contribution in [2.75, 3.05) is 24.5 Å². The molecule has 2 aliphatic rings. The zero-order valence-electron chi connectivity index (χ0n) is 10.2. The third-order valence-corrected chi connectivity index (χ3v) is 4.30. The number of nitrogens with one attached hydrogen (secondary N) is 2. The number of hydrogen-bond acceptors (Lipinski definition) is 4. The molecule has 2 unspecified atom stereocenters. The van der Waals surface area contributed by atoms with Crippen LogP contribution in [0.5, 0.6) is 0 Å². The zero-order valence-corrected chi connectivity index (χ0v) is 10.2. The molecule has 5 nitrogen and oxygen atoms in total. The predicted molar refractivity (Wildman–Crippen MR) is 66.1 cm³/mol. The van der Waals surface area contributed by atoms with Crippen LogP contribution in [-0.2, 0) is 0 Å². The van der Waals surface area contributed by atoms with Crippen LogP contribution in [0.4, 0.5) is 5.82 Å². The summed E-state index contributed by atoms with van der Waals surface area (Å²) in [6.07, 6.45) is 1.49. The van der Waals surface area contributed by atoms with Crippen molar-refractivity contribution < 1.29 is 0 Å². The molecular formula is C12H18N4O. The molecule has 17 heavy (non-hydrogen) atoms. The van der Waals surface area contributed by atoms with Crippen molar-refractivity contribution in [2.24, 2.45) is 11.8 Å². The molecule has 1 aromatic rings. The first-order valence-corrected chi connectivity index (χ1v) is 6.12. The Hall–Kier alpha value is -1.36. The molecule has 0 saturated carbocycles. The maximum Gasteiger partial charge on any atom is 0.252 e. The summed E-state index contributed by atoms with van der Waals surface area (Å²) >= 11 is 0. The van der Waals surface area contributed by atoms with E-state index in [0.29, 0.717) is 11.8 Å². The number of H-pyrrole nitrogens is 1. The molecule has 3 heterocycles. The van der Waals surface area contributed by atoms with Crippen molar-refractivity contribution in [3.8, 4) is 0 Å². The smallest absolute Gasteiger partial charge is 0.252 e. The lowest BCUT2D eigenvalue weighted by molar-refractivity contribution is 0.356. The molecule has 5 heteroatoms. The molecule has 0 amide bonds. The molecule has 2 saturated heterocycles. The minimum absolute atomic E-state index is 0.0644. The molecule has 0 aromatic carbocycles. The van der Waals surface area contributed by atoms with Crippen molar-refractivity contribution in [3.63, 3.8) is 0 Å². The van der Waals surface area contributed by atoms with Crippen LogP contribution in [0.1, 0.15) is 13.8 Å². The summed E-state index contributed by atoms with van der Waals surface area (Å²) < 4.78 is 0. The minimum atomic E-state index is -0.0824. The molecule has 0 bridgehead atoms. The average molecular weight is 234 g/mol. The summed E-state index contributed by atoms with van der Waals surface area (Å²) in [7, 11) is 0. The Labute approximate surface area is 100 Å². The molecule has 2 N–H and O–H groups in total. The molecule has 2 fully saturated rings. The monoisotopic (exact) mass is 234 g/mol. The summed E-state index contributed by atoms with van der Waals surface area (Å²) in [5.41, 5.74) is -0.0180. The fourth-order valence-corrected chi connectivity index (χ4v) is 3.32. The molecular weight excluding hydrogens is 216 g/mol. The molecule has 2 atom stereocenters. The lowest BCUT2D eigenvalue weighted by atomic mass is 9.85. The minimum Gasteiger partial charge on any atom is -0.351 e. The standard InChI is InChI=1S/C12H18N4O/c1-12(2)9-5-13-4-8(9)6-16(12)10-3-11(17)15-7-14-10/h3,7-9,13H,4-6H2,1-2H3,(H,14,15,17). The first-order valence-electron chi connectivity index (χ1n) is 6.12.